The number of hydrogen-bond acceptors (Lipinski definition) is 2. The molecule has 0 unspecified atom stereocenters. The van der Waals surface area contributed by atoms with Gasteiger partial charge in [-0.15, -0.1) is 0 Å². The van der Waals surface area contributed by atoms with Crippen LogP contribution in [0.25, 0.3) is 0 Å². The number of carboxylic acids is 1. The van der Waals surface area contributed by atoms with Crippen LogP contribution >= 0.6 is 0 Å². The molecule has 0 saturated heterocycles. The molecule has 0 rings (SSSR count). The van der Waals surface area contributed by atoms with Crippen molar-refractivity contribution in [2.24, 2.45) is 0 Å². The summed E-state index contributed by atoms with van der Waals surface area (Å²) in [5, 5.41) is 17.5. The topological polar surface area (TPSA) is 57.5 Å². The van der Waals surface area contributed by atoms with Crippen molar-refractivity contribution in [2.75, 3.05) is 27.7 Å². The predicted molar refractivity (Wildman–Crippen MR) is 41.2 cm³/mol. The molecule has 0 fully saturated rings. The van der Waals surface area contributed by atoms with E-state index in [-0.39, 0.29) is 23.8 Å². The van der Waals surface area contributed by atoms with E-state index in [1.807, 2.05) is 21.1 Å². The predicted octanol–water partition coefficient (Wildman–Crippen LogP) is -0.474. The van der Waals surface area contributed by atoms with Gasteiger partial charge in [0.1, 0.15) is 12.6 Å². The molecule has 2 N–H and O–H groups in total. The number of carboxylic acid groups (broad SMARTS) is 1. The molecule has 0 spiro atoms. The van der Waals surface area contributed by atoms with Gasteiger partial charge in [-0.2, -0.15) is 0 Å². The Bertz CT molecular complexity index is 144. The summed E-state index contributed by atoms with van der Waals surface area (Å²) in [6, 6.07) is 0. The maximum absolute atomic E-state index is 10.1. The number of quaternary nitrogens is 1. The third kappa shape index (κ3) is 9.92. The van der Waals surface area contributed by atoms with Crippen LogP contribution < -0.4 is 0 Å². The molecule has 0 amide bonds. The first-order valence-electron chi connectivity index (χ1n) is 3.51. The molecule has 0 saturated carbocycles. The molecule has 0 aliphatic carbocycles. The van der Waals surface area contributed by atoms with Crippen molar-refractivity contribution in [2.45, 2.75) is 12.5 Å². The Morgan fingerprint density at radius 3 is 2.08 bits per heavy atom. The number of aliphatic hydroxyl groups is 1. The number of rotatable bonds is 4. The van der Waals surface area contributed by atoms with E-state index in [0.717, 1.165) is 0 Å². The van der Waals surface area contributed by atoms with Crippen molar-refractivity contribution in [1.29, 1.82) is 0 Å². The van der Waals surface area contributed by atoms with Gasteiger partial charge in [0.25, 0.3) is 0 Å². The number of aliphatic hydroxyl groups excluding tert-OH is 1. The van der Waals surface area contributed by atoms with E-state index in [0.29, 0.717) is 11.0 Å². The average molecular weight is 214 g/mol. The SMILES string of the molecule is C[N+](C)(C)C[C@H](O)CC(=O)O.[Cr]. The standard InChI is InChI=1S/C7H15NO3.Cr/c1-8(2,3)5-6(9)4-7(10)11;/h6,9H,4-5H2,1-3H3;/p+1/t6-;/m1./s1. The van der Waals surface area contributed by atoms with Crippen molar-refractivity contribution in [1.82, 2.24) is 0 Å². The van der Waals surface area contributed by atoms with E-state index in [1.165, 1.54) is 0 Å². The third-order valence-electron chi connectivity index (χ3n) is 1.17. The Labute approximate surface area is 83.5 Å². The van der Waals surface area contributed by atoms with Crippen molar-refractivity contribution < 1.29 is 36.9 Å². The number of hydrogen-bond donors (Lipinski definition) is 2. The molecular weight excluding hydrogens is 198 g/mol. The van der Waals surface area contributed by atoms with E-state index in [2.05, 4.69) is 0 Å². The number of likely N-dealkylation sites (N-methyl/N-ethyl adjacent to an activating group) is 1. The molecular formula is C7H16CrNO3+. The largest absolute Gasteiger partial charge is 0.481 e. The zero-order valence-corrected chi connectivity index (χ0v) is 8.92. The van der Waals surface area contributed by atoms with Gasteiger partial charge in [-0.25, -0.2) is 0 Å². The van der Waals surface area contributed by atoms with Crippen LogP contribution in [0.2, 0.25) is 0 Å². The monoisotopic (exact) mass is 214 g/mol. The molecule has 0 aliphatic heterocycles. The maximum atomic E-state index is 10.1. The van der Waals surface area contributed by atoms with Crippen LogP contribution in [0.3, 0.4) is 0 Å². The Kier molecular flexibility index (Phi) is 6.68. The summed E-state index contributed by atoms with van der Waals surface area (Å²) in [6.07, 6.45) is -0.914. The molecule has 0 aromatic carbocycles. The first-order chi connectivity index (χ1) is 4.81. The molecule has 0 aromatic heterocycles. The smallest absolute Gasteiger partial charge is 0.306 e. The Morgan fingerprint density at radius 2 is 1.83 bits per heavy atom. The Balaban J connectivity index is 0. The second kappa shape index (κ2) is 5.55. The van der Waals surface area contributed by atoms with Gasteiger partial charge in [0.05, 0.1) is 27.6 Å². The van der Waals surface area contributed by atoms with Gasteiger partial charge in [-0.1, -0.05) is 0 Å². The molecule has 0 radical (unpaired) electrons. The van der Waals surface area contributed by atoms with E-state index >= 15 is 0 Å². The summed E-state index contributed by atoms with van der Waals surface area (Å²) in [7, 11) is 5.72. The minimum absolute atomic E-state index is 0. The van der Waals surface area contributed by atoms with Gasteiger partial charge < -0.3 is 14.7 Å². The fourth-order valence-corrected chi connectivity index (χ4v) is 0.898. The van der Waals surface area contributed by atoms with Crippen LogP contribution in [-0.4, -0.2) is 54.5 Å². The fourth-order valence-electron chi connectivity index (χ4n) is 0.898. The van der Waals surface area contributed by atoms with Crippen LogP contribution in [0.4, 0.5) is 0 Å². The van der Waals surface area contributed by atoms with E-state index in [1.54, 1.807) is 0 Å². The zero-order valence-electron chi connectivity index (χ0n) is 7.65. The van der Waals surface area contributed by atoms with Crippen LogP contribution in [0.5, 0.6) is 0 Å². The van der Waals surface area contributed by atoms with Gasteiger partial charge in [0, 0.05) is 17.4 Å². The van der Waals surface area contributed by atoms with Crippen molar-refractivity contribution >= 4 is 5.97 Å². The van der Waals surface area contributed by atoms with Crippen molar-refractivity contribution in [3.8, 4) is 0 Å². The summed E-state index contributed by atoms with van der Waals surface area (Å²) >= 11 is 0. The Morgan fingerprint density at radius 1 is 1.42 bits per heavy atom. The summed E-state index contributed by atoms with van der Waals surface area (Å²) in [5.74, 6) is -0.953. The van der Waals surface area contributed by atoms with Gasteiger partial charge in [0.15, 0.2) is 0 Å². The molecule has 5 heteroatoms. The maximum Gasteiger partial charge on any atom is 0.306 e. The second-order valence-corrected chi connectivity index (χ2v) is 3.72. The molecule has 0 aromatic rings. The summed E-state index contributed by atoms with van der Waals surface area (Å²) in [5.41, 5.74) is 0. The summed E-state index contributed by atoms with van der Waals surface area (Å²) in [4.78, 5) is 10.1. The molecule has 4 nitrogen and oxygen atoms in total. The van der Waals surface area contributed by atoms with Gasteiger partial charge in [-0.3, -0.25) is 4.79 Å². The van der Waals surface area contributed by atoms with Gasteiger partial charge >= 0.3 is 5.97 Å². The fraction of sp³-hybridized carbons (Fsp3) is 0.857. The zero-order chi connectivity index (χ0) is 9.07. The van der Waals surface area contributed by atoms with E-state index < -0.39 is 12.1 Å². The van der Waals surface area contributed by atoms with Crippen LogP contribution in [0.15, 0.2) is 0 Å². The average Bonchev–Trinajstić information content (AvgIpc) is 1.53. The minimum atomic E-state index is -0.953. The molecule has 0 aliphatic rings. The molecule has 0 heterocycles. The molecule has 1 atom stereocenters. The second-order valence-electron chi connectivity index (χ2n) is 3.72. The summed E-state index contributed by atoms with van der Waals surface area (Å²) < 4.78 is 0.578. The number of aliphatic carboxylic acids is 1. The van der Waals surface area contributed by atoms with E-state index in [9.17, 15) is 4.79 Å². The van der Waals surface area contributed by atoms with Crippen LogP contribution in [0.1, 0.15) is 6.42 Å². The van der Waals surface area contributed by atoms with Gasteiger partial charge in [-0.05, 0) is 0 Å². The third-order valence-corrected chi connectivity index (χ3v) is 1.17. The molecule has 12 heavy (non-hydrogen) atoms. The molecule has 0 bridgehead atoms. The Hall–Kier alpha value is -0.0775. The van der Waals surface area contributed by atoms with Gasteiger partial charge in [0.2, 0.25) is 0 Å². The quantitative estimate of drug-likeness (QED) is 0.622. The van der Waals surface area contributed by atoms with Crippen molar-refractivity contribution in [3.05, 3.63) is 0 Å². The number of carbonyl (C=O) groups is 1. The first kappa shape index (κ1) is 14.4. The van der Waals surface area contributed by atoms with Crippen LogP contribution in [-0.2, 0) is 22.2 Å². The van der Waals surface area contributed by atoms with Crippen molar-refractivity contribution in [3.63, 3.8) is 0 Å². The normalized spacial score (nSPS) is 13.3. The summed E-state index contributed by atoms with van der Waals surface area (Å²) in [6.45, 7) is 0.465. The number of nitrogens with zero attached hydrogens (tertiary/aromatic N) is 1. The van der Waals surface area contributed by atoms with E-state index in [4.69, 9.17) is 10.2 Å². The first-order valence-corrected chi connectivity index (χ1v) is 3.51. The van der Waals surface area contributed by atoms with Crippen LogP contribution in [0, 0.1) is 0 Å². The molecule has 72 valence electrons. The minimum Gasteiger partial charge on any atom is -0.481 e.